The van der Waals surface area contributed by atoms with Crippen LogP contribution >= 0.6 is 0 Å². The predicted octanol–water partition coefficient (Wildman–Crippen LogP) is 1.28. The second kappa shape index (κ2) is 5.89. The molecule has 3 N–H and O–H groups in total. The first-order valence-corrected chi connectivity index (χ1v) is 7.56. The van der Waals surface area contributed by atoms with Gasteiger partial charge in [0.15, 0.2) is 5.84 Å². The van der Waals surface area contributed by atoms with Gasteiger partial charge in [0.2, 0.25) is 0 Å². The molecule has 1 unspecified atom stereocenters. The summed E-state index contributed by atoms with van der Waals surface area (Å²) in [5, 5.41) is 12.2. The van der Waals surface area contributed by atoms with E-state index in [0.717, 1.165) is 62.5 Å². The molecular weight excluding hydrogens is 268 g/mol. The lowest BCUT2D eigenvalue weighted by Crippen LogP contribution is -2.33. The molecule has 1 aromatic rings. The maximum absolute atomic E-state index is 9.06. The Bertz CT molecular complexity index is 559. The molecule has 0 spiro atoms. The van der Waals surface area contributed by atoms with Crippen LogP contribution in [0.5, 0.6) is 0 Å². The molecule has 21 heavy (non-hydrogen) atoms. The van der Waals surface area contributed by atoms with Gasteiger partial charge in [0, 0.05) is 25.4 Å². The Balaban J connectivity index is 2.02. The summed E-state index contributed by atoms with van der Waals surface area (Å²) in [6, 6.07) is 2.04. The highest BCUT2D eigenvalue weighted by molar-refractivity contribution is 6.01. The lowest BCUT2D eigenvalue weighted by molar-refractivity contribution is 0.0820. The van der Waals surface area contributed by atoms with Crippen molar-refractivity contribution in [3.63, 3.8) is 0 Å². The fraction of sp³-hybridized carbons (Fsp3) is 0.600. The molecule has 2 aliphatic rings. The zero-order valence-corrected chi connectivity index (χ0v) is 12.4. The van der Waals surface area contributed by atoms with Crippen molar-refractivity contribution in [3.05, 3.63) is 22.9 Å². The fourth-order valence-corrected chi connectivity index (χ4v) is 3.13. The molecular formula is C15H22N4O2. The molecule has 0 aromatic carbocycles. The standard InChI is InChI=1S/C15H22N4O2/c1-10-9-19(6-3-7-21-10)15-12(14(16)18-20)8-11-4-2-5-13(11)17-15/h8,10,20H,2-7,9H2,1H3,(H2,16,18). The van der Waals surface area contributed by atoms with Crippen LogP contribution < -0.4 is 10.6 Å². The normalized spacial score (nSPS) is 23.0. The molecule has 2 heterocycles. The number of aryl methyl sites for hydroxylation is 2. The second-order valence-corrected chi connectivity index (χ2v) is 5.79. The number of fused-ring (bicyclic) bond motifs is 1. The summed E-state index contributed by atoms with van der Waals surface area (Å²) in [6.07, 6.45) is 4.27. The van der Waals surface area contributed by atoms with E-state index < -0.39 is 0 Å². The molecule has 6 heteroatoms. The minimum atomic E-state index is 0.130. The van der Waals surface area contributed by atoms with Crippen LogP contribution in [0.3, 0.4) is 0 Å². The fourth-order valence-electron chi connectivity index (χ4n) is 3.13. The van der Waals surface area contributed by atoms with E-state index in [1.165, 1.54) is 5.56 Å². The number of hydrogen-bond donors (Lipinski definition) is 2. The summed E-state index contributed by atoms with van der Waals surface area (Å²) in [7, 11) is 0. The highest BCUT2D eigenvalue weighted by Gasteiger charge is 2.24. The number of nitrogens with zero attached hydrogens (tertiary/aromatic N) is 3. The third-order valence-corrected chi connectivity index (χ3v) is 4.17. The average Bonchev–Trinajstić information content (AvgIpc) is 2.84. The zero-order chi connectivity index (χ0) is 14.8. The van der Waals surface area contributed by atoms with Gasteiger partial charge in [-0.05, 0) is 44.2 Å². The van der Waals surface area contributed by atoms with Gasteiger partial charge in [0.1, 0.15) is 5.82 Å². The molecule has 1 fully saturated rings. The molecule has 0 bridgehead atoms. The van der Waals surface area contributed by atoms with Crippen molar-refractivity contribution in [2.75, 3.05) is 24.6 Å². The van der Waals surface area contributed by atoms with Gasteiger partial charge in [-0.3, -0.25) is 0 Å². The van der Waals surface area contributed by atoms with E-state index in [2.05, 4.69) is 17.0 Å². The van der Waals surface area contributed by atoms with E-state index in [9.17, 15) is 0 Å². The molecule has 1 aromatic heterocycles. The van der Waals surface area contributed by atoms with Gasteiger partial charge in [0.05, 0.1) is 11.7 Å². The van der Waals surface area contributed by atoms with Crippen LogP contribution in [0.15, 0.2) is 11.2 Å². The number of amidine groups is 1. The molecule has 1 aliphatic carbocycles. The van der Waals surface area contributed by atoms with Crippen molar-refractivity contribution in [2.24, 2.45) is 10.9 Å². The molecule has 6 nitrogen and oxygen atoms in total. The summed E-state index contributed by atoms with van der Waals surface area (Å²) in [5.74, 6) is 0.952. The van der Waals surface area contributed by atoms with Crippen LogP contribution in [0.4, 0.5) is 5.82 Å². The van der Waals surface area contributed by atoms with E-state index in [1.807, 2.05) is 6.07 Å². The highest BCUT2D eigenvalue weighted by Crippen LogP contribution is 2.28. The van der Waals surface area contributed by atoms with Gasteiger partial charge >= 0.3 is 0 Å². The van der Waals surface area contributed by atoms with Crippen molar-refractivity contribution >= 4 is 11.7 Å². The van der Waals surface area contributed by atoms with Gasteiger partial charge < -0.3 is 20.6 Å². The third kappa shape index (κ3) is 2.81. The largest absolute Gasteiger partial charge is 0.409 e. The smallest absolute Gasteiger partial charge is 0.173 e. The Labute approximate surface area is 124 Å². The van der Waals surface area contributed by atoms with E-state index in [4.69, 9.17) is 20.7 Å². The summed E-state index contributed by atoms with van der Waals surface area (Å²) in [4.78, 5) is 7.02. The van der Waals surface area contributed by atoms with Gasteiger partial charge in [-0.15, -0.1) is 0 Å². The maximum Gasteiger partial charge on any atom is 0.173 e. The Morgan fingerprint density at radius 1 is 1.48 bits per heavy atom. The van der Waals surface area contributed by atoms with Crippen LogP contribution in [0, 0.1) is 0 Å². The van der Waals surface area contributed by atoms with Crippen LogP contribution in [0.1, 0.15) is 36.6 Å². The molecule has 3 rings (SSSR count). The quantitative estimate of drug-likeness (QED) is 0.371. The van der Waals surface area contributed by atoms with Crippen molar-refractivity contribution in [2.45, 2.75) is 38.7 Å². The van der Waals surface area contributed by atoms with Gasteiger partial charge in [-0.1, -0.05) is 5.16 Å². The highest BCUT2D eigenvalue weighted by atomic mass is 16.5. The van der Waals surface area contributed by atoms with Crippen molar-refractivity contribution in [1.82, 2.24) is 4.98 Å². The Hall–Kier alpha value is -1.82. The van der Waals surface area contributed by atoms with Gasteiger partial charge in [0.25, 0.3) is 0 Å². The molecule has 114 valence electrons. The Morgan fingerprint density at radius 3 is 3.14 bits per heavy atom. The van der Waals surface area contributed by atoms with Crippen LogP contribution in [0.2, 0.25) is 0 Å². The third-order valence-electron chi connectivity index (χ3n) is 4.17. The Kier molecular flexibility index (Phi) is 3.96. The van der Waals surface area contributed by atoms with E-state index in [0.29, 0.717) is 0 Å². The topological polar surface area (TPSA) is 84.0 Å². The number of anilines is 1. The number of hydrogen-bond acceptors (Lipinski definition) is 5. The molecule has 1 aliphatic heterocycles. The average molecular weight is 290 g/mol. The predicted molar refractivity (Wildman–Crippen MR) is 81.0 cm³/mol. The second-order valence-electron chi connectivity index (χ2n) is 5.79. The molecule has 1 saturated heterocycles. The molecule has 0 amide bonds. The number of pyridine rings is 1. The van der Waals surface area contributed by atoms with E-state index in [-0.39, 0.29) is 11.9 Å². The Morgan fingerprint density at radius 2 is 2.33 bits per heavy atom. The van der Waals surface area contributed by atoms with Gasteiger partial charge in [-0.25, -0.2) is 4.98 Å². The first kappa shape index (κ1) is 14.1. The summed E-state index contributed by atoms with van der Waals surface area (Å²) in [5.41, 5.74) is 8.97. The monoisotopic (exact) mass is 290 g/mol. The van der Waals surface area contributed by atoms with Crippen molar-refractivity contribution in [3.8, 4) is 0 Å². The lowest BCUT2D eigenvalue weighted by atomic mass is 10.1. The number of oxime groups is 1. The number of nitrogens with two attached hydrogens (primary N) is 1. The number of rotatable bonds is 2. The molecule has 1 atom stereocenters. The summed E-state index contributed by atoms with van der Waals surface area (Å²) < 4.78 is 5.69. The number of aromatic nitrogens is 1. The van der Waals surface area contributed by atoms with Crippen LogP contribution in [0.25, 0.3) is 0 Å². The minimum Gasteiger partial charge on any atom is -0.409 e. The first-order valence-electron chi connectivity index (χ1n) is 7.56. The van der Waals surface area contributed by atoms with Crippen molar-refractivity contribution in [1.29, 1.82) is 0 Å². The van der Waals surface area contributed by atoms with Crippen molar-refractivity contribution < 1.29 is 9.94 Å². The lowest BCUT2D eigenvalue weighted by Gasteiger charge is -2.26. The first-order chi connectivity index (χ1) is 10.2. The van der Waals surface area contributed by atoms with Crippen LogP contribution in [-0.4, -0.2) is 41.8 Å². The SMILES string of the molecule is CC1CN(c2nc3c(cc2C(N)=NO)CCC3)CCCO1. The summed E-state index contributed by atoms with van der Waals surface area (Å²) >= 11 is 0. The number of ether oxygens (including phenoxy) is 1. The minimum absolute atomic E-state index is 0.130. The molecule has 0 radical (unpaired) electrons. The van der Waals surface area contributed by atoms with E-state index in [1.54, 1.807) is 0 Å². The summed E-state index contributed by atoms with van der Waals surface area (Å²) in [6.45, 7) is 4.48. The molecule has 0 saturated carbocycles. The van der Waals surface area contributed by atoms with Gasteiger partial charge in [-0.2, -0.15) is 0 Å². The maximum atomic E-state index is 9.06. The van der Waals surface area contributed by atoms with E-state index >= 15 is 0 Å². The van der Waals surface area contributed by atoms with Crippen LogP contribution in [-0.2, 0) is 17.6 Å². The zero-order valence-electron chi connectivity index (χ0n) is 12.4.